The minimum absolute atomic E-state index is 0.0916. The molecule has 0 bridgehead atoms. The zero-order valence-corrected chi connectivity index (χ0v) is 9.39. The Morgan fingerprint density at radius 2 is 1.82 bits per heavy atom. The summed E-state index contributed by atoms with van der Waals surface area (Å²) in [5.74, 6) is 0.256. The number of nitrogens with one attached hydrogen (secondary N) is 2. The number of amides is 2. The maximum absolute atomic E-state index is 11.8. The summed E-state index contributed by atoms with van der Waals surface area (Å²) in [5, 5.41) is 13.2. The van der Waals surface area contributed by atoms with E-state index in [0.29, 0.717) is 12.8 Å². The predicted molar refractivity (Wildman–Crippen MR) is 55.4 cm³/mol. The van der Waals surface area contributed by atoms with Gasteiger partial charge >= 0.3 is 12.2 Å². The topological polar surface area (TPSA) is 61.4 Å². The second kappa shape index (κ2) is 6.09. The third-order valence-corrected chi connectivity index (χ3v) is 2.89. The van der Waals surface area contributed by atoms with Gasteiger partial charge in [-0.05, 0) is 31.6 Å². The van der Waals surface area contributed by atoms with Gasteiger partial charge in [0.15, 0.2) is 0 Å². The summed E-state index contributed by atoms with van der Waals surface area (Å²) in [7, 11) is 0. The van der Waals surface area contributed by atoms with E-state index in [9.17, 15) is 18.0 Å². The maximum atomic E-state index is 11.8. The molecule has 0 aromatic rings. The first kappa shape index (κ1) is 14.1. The number of hydrogen-bond donors (Lipinski definition) is 3. The molecule has 0 radical (unpaired) electrons. The van der Waals surface area contributed by atoms with Gasteiger partial charge in [-0.25, -0.2) is 4.79 Å². The Balaban J connectivity index is 2.19. The van der Waals surface area contributed by atoms with Crippen LogP contribution in [0.2, 0.25) is 0 Å². The monoisotopic (exact) mass is 254 g/mol. The fraction of sp³-hybridized carbons (Fsp3) is 0.900. The number of halogens is 3. The van der Waals surface area contributed by atoms with Crippen LogP contribution in [-0.2, 0) is 0 Å². The Bertz CT molecular complexity index is 250. The Kier molecular flexibility index (Phi) is 5.04. The van der Waals surface area contributed by atoms with E-state index in [2.05, 4.69) is 5.32 Å². The van der Waals surface area contributed by atoms with Crippen LogP contribution in [0.15, 0.2) is 0 Å². The van der Waals surface area contributed by atoms with Crippen LogP contribution in [0.5, 0.6) is 0 Å². The Hall–Kier alpha value is -0.980. The second-order valence-corrected chi connectivity index (χ2v) is 4.34. The quantitative estimate of drug-likeness (QED) is 0.713. The molecule has 1 aliphatic rings. The van der Waals surface area contributed by atoms with E-state index < -0.39 is 18.8 Å². The molecule has 2 amide bonds. The SMILES string of the molecule is O=C(NCC(F)(F)F)NC1CCC(CO)CC1. The molecule has 4 nitrogen and oxygen atoms in total. The molecule has 1 saturated carbocycles. The highest BCUT2D eigenvalue weighted by Crippen LogP contribution is 2.23. The van der Waals surface area contributed by atoms with Crippen molar-refractivity contribution < 1.29 is 23.1 Å². The van der Waals surface area contributed by atoms with Gasteiger partial charge in [0.2, 0.25) is 0 Å². The molecule has 0 heterocycles. The summed E-state index contributed by atoms with van der Waals surface area (Å²) in [6, 6.07) is -0.874. The summed E-state index contributed by atoms with van der Waals surface area (Å²) >= 11 is 0. The van der Waals surface area contributed by atoms with Crippen LogP contribution in [0.25, 0.3) is 0 Å². The molecule has 17 heavy (non-hydrogen) atoms. The smallest absolute Gasteiger partial charge is 0.396 e. The van der Waals surface area contributed by atoms with Gasteiger partial charge in [-0.1, -0.05) is 0 Å². The minimum atomic E-state index is -4.38. The predicted octanol–water partition coefficient (Wildman–Crippen LogP) is 1.40. The molecule has 0 aromatic carbocycles. The van der Waals surface area contributed by atoms with E-state index in [1.807, 2.05) is 0 Å². The highest BCUT2D eigenvalue weighted by atomic mass is 19.4. The second-order valence-electron chi connectivity index (χ2n) is 4.34. The number of aliphatic hydroxyl groups excluding tert-OH is 1. The van der Waals surface area contributed by atoms with Crippen molar-refractivity contribution in [3.05, 3.63) is 0 Å². The molecular weight excluding hydrogens is 237 g/mol. The van der Waals surface area contributed by atoms with Crippen LogP contribution in [0.3, 0.4) is 0 Å². The molecule has 1 aliphatic carbocycles. The summed E-state index contributed by atoms with van der Waals surface area (Å²) in [6.45, 7) is -1.18. The Labute approximate surface area is 97.6 Å². The minimum Gasteiger partial charge on any atom is -0.396 e. The average Bonchev–Trinajstić information content (AvgIpc) is 2.27. The van der Waals surface area contributed by atoms with Crippen LogP contribution in [0.4, 0.5) is 18.0 Å². The summed E-state index contributed by atoms with van der Waals surface area (Å²) in [5.41, 5.74) is 0. The van der Waals surface area contributed by atoms with Crippen molar-refractivity contribution in [3.63, 3.8) is 0 Å². The third kappa shape index (κ3) is 5.76. The van der Waals surface area contributed by atoms with Gasteiger partial charge in [-0.2, -0.15) is 13.2 Å². The molecule has 0 atom stereocenters. The van der Waals surface area contributed by atoms with Crippen molar-refractivity contribution in [1.82, 2.24) is 10.6 Å². The molecule has 0 saturated heterocycles. The highest BCUT2D eigenvalue weighted by molar-refractivity contribution is 5.74. The lowest BCUT2D eigenvalue weighted by Crippen LogP contribution is -2.46. The molecule has 7 heteroatoms. The van der Waals surface area contributed by atoms with Crippen molar-refractivity contribution in [2.45, 2.75) is 37.9 Å². The number of carbonyl (C=O) groups excluding carboxylic acids is 1. The molecule has 0 unspecified atom stereocenters. The lowest BCUT2D eigenvalue weighted by molar-refractivity contribution is -0.122. The fourth-order valence-corrected chi connectivity index (χ4v) is 1.91. The van der Waals surface area contributed by atoms with E-state index >= 15 is 0 Å². The van der Waals surface area contributed by atoms with E-state index in [4.69, 9.17) is 5.11 Å². The molecule has 0 aromatic heterocycles. The molecule has 3 N–H and O–H groups in total. The first-order valence-corrected chi connectivity index (χ1v) is 5.62. The molecule has 1 rings (SSSR count). The summed E-state index contributed by atoms with van der Waals surface area (Å²) in [6.07, 6.45) is -1.40. The van der Waals surface area contributed by atoms with Crippen molar-refractivity contribution >= 4 is 6.03 Å². The van der Waals surface area contributed by atoms with Crippen molar-refractivity contribution in [1.29, 1.82) is 0 Å². The van der Waals surface area contributed by atoms with Gasteiger partial charge in [0.1, 0.15) is 6.54 Å². The summed E-state index contributed by atoms with van der Waals surface area (Å²) < 4.78 is 35.5. The molecule has 1 fully saturated rings. The molecule has 0 aliphatic heterocycles. The van der Waals surface area contributed by atoms with Crippen molar-refractivity contribution in [2.24, 2.45) is 5.92 Å². The lowest BCUT2D eigenvalue weighted by Gasteiger charge is -2.28. The van der Waals surface area contributed by atoms with Gasteiger partial charge in [0.05, 0.1) is 0 Å². The number of urea groups is 1. The molecular formula is C10H17F3N2O2. The number of aliphatic hydroxyl groups is 1. The van der Waals surface area contributed by atoms with Gasteiger partial charge in [0, 0.05) is 12.6 Å². The third-order valence-electron chi connectivity index (χ3n) is 2.89. The van der Waals surface area contributed by atoms with E-state index in [0.717, 1.165) is 12.8 Å². The van der Waals surface area contributed by atoms with Gasteiger partial charge in [0.25, 0.3) is 0 Å². The first-order valence-electron chi connectivity index (χ1n) is 5.62. The normalized spacial score (nSPS) is 25.4. The van der Waals surface area contributed by atoms with Gasteiger partial charge < -0.3 is 15.7 Å². The van der Waals surface area contributed by atoms with Crippen LogP contribution >= 0.6 is 0 Å². The van der Waals surface area contributed by atoms with Crippen LogP contribution in [-0.4, -0.2) is 36.5 Å². The zero-order valence-electron chi connectivity index (χ0n) is 9.39. The van der Waals surface area contributed by atoms with E-state index in [-0.39, 0.29) is 18.6 Å². The number of carbonyl (C=O) groups is 1. The Morgan fingerprint density at radius 1 is 1.24 bits per heavy atom. The molecule has 0 spiro atoms. The van der Waals surface area contributed by atoms with Crippen molar-refractivity contribution in [2.75, 3.05) is 13.2 Å². The van der Waals surface area contributed by atoms with Crippen LogP contribution in [0, 0.1) is 5.92 Å². The average molecular weight is 254 g/mol. The number of hydrogen-bond acceptors (Lipinski definition) is 2. The highest BCUT2D eigenvalue weighted by Gasteiger charge is 2.28. The van der Waals surface area contributed by atoms with Gasteiger partial charge in [-0.3, -0.25) is 0 Å². The molecule has 100 valence electrons. The van der Waals surface area contributed by atoms with Crippen LogP contribution in [0.1, 0.15) is 25.7 Å². The summed E-state index contributed by atoms with van der Waals surface area (Å²) in [4.78, 5) is 11.1. The van der Waals surface area contributed by atoms with Crippen LogP contribution < -0.4 is 10.6 Å². The zero-order chi connectivity index (χ0) is 12.9. The Morgan fingerprint density at radius 3 is 2.29 bits per heavy atom. The van der Waals surface area contributed by atoms with E-state index in [1.165, 1.54) is 0 Å². The van der Waals surface area contributed by atoms with E-state index in [1.54, 1.807) is 5.32 Å². The lowest BCUT2D eigenvalue weighted by atomic mass is 9.87. The first-order chi connectivity index (χ1) is 7.90. The number of alkyl halides is 3. The standard InChI is InChI=1S/C10H17F3N2O2/c11-10(12,13)6-14-9(17)15-8-3-1-7(5-16)2-4-8/h7-8,16H,1-6H2,(H2,14,15,17). The maximum Gasteiger partial charge on any atom is 0.405 e. The van der Waals surface area contributed by atoms with Crippen molar-refractivity contribution in [3.8, 4) is 0 Å². The van der Waals surface area contributed by atoms with Gasteiger partial charge in [-0.15, -0.1) is 0 Å². The number of rotatable bonds is 3. The fourth-order valence-electron chi connectivity index (χ4n) is 1.91. The largest absolute Gasteiger partial charge is 0.405 e.